The van der Waals surface area contributed by atoms with Gasteiger partial charge in [-0.1, -0.05) is 42.5 Å². The first-order chi connectivity index (χ1) is 19.8. The van der Waals surface area contributed by atoms with Crippen molar-refractivity contribution in [1.82, 2.24) is 15.0 Å². The molecule has 0 bridgehead atoms. The lowest BCUT2D eigenvalue weighted by Gasteiger charge is -2.20. The molecule has 0 aliphatic carbocycles. The van der Waals surface area contributed by atoms with Gasteiger partial charge in [0.2, 0.25) is 17.8 Å². The molecular weight excluding hydrogens is 502 g/mol. The predicted octanol–water partition coefficient (Wildman–Crippen LogP) is 5.65. The number of hydrazone groups is 1. The fourth-order valence-corrected chi connectivity index (χ4v) is 5.25. The van der Waals surface area contributed by atoms with Crippen molar-refractivity contribution in [2.45, 2.75) is 39.2 Å². The topological polar surface area (TPSA) is 88.0 Å². The molecule has 0 spiro atoms. The molecule has 4 aromatic rings. The highest BCUT2D eigenvalue weighted by Crippen LogP contribution is 2.30. The number of benzene rings is 3. The van der Waals surface area contributed by atoms with E-state index in [1.165, 1.54) is 10.8 Å². The molecule has 3 aromatic carbocycles. The van der Waals surface area contributed by atoms with Gasteiger partial charge in [0.15, 0.2) is 11.5 Å². The molecule has 9 nitrogen and oxygen atoms in total. The third-order valence-corrected chi connectivity index (χ3v) is 7.30. The van der Waals surface area contributed by atoms with Crippen LogP contribution in [0.2, 0.25) is 0 Å². The average molecular weight is 538 g/mol. The zero-order valence-electron chi connectivity index (χ0n) is 22.9. The van der Waals surface area contributed by atoms with Crippen LogP contribution in [0.4, 0.5) is 17.8 Å². The monoisotopic (exact) mass is 537 g/mol. The molecule has 2 saturated heterocycles. The van der Waals surface area contributed by atoms with E-state index in [1.54, 1.807) is 6.21 Å². The first kappa shape index (κ1) is 25.9. The molecule has 0 radical (unpaired) electrons. The summed E-state index contributed by atoms with van der Waals surface area (Å²) in [5, 5.41) is 6.84. The number of hydrogen-bond acceptors (Lipinski definition) is 9. The summed E-state index contributed by atoms with van der Waals surface area (Å²) in [5.74, 6) is 3.27. The molecule has 0 atom stereocenters. The summed E-state index contributed by atoms with van der Waals surface area (Å²) >= 11 is 0. The van der Waals surface area contributed by atoms with E-state index in [1.807, 2.05) is 25.1 Å². The Balaban J connectivity index is 1.17. The van der Waals surface area contributed by atoms with Gasteiger partial charge in [-0.2, -0.15) is 20.1 Å². The van der Waals surface area contributed by atoms with Crippen LogP contribution in [0.15, 0.2) is 65.8 Å². The Hall–Kier alpha value is -4.40. The molecule has 0 unspecified atom stereocenters. The number of nitrogens with zero attached hydrogens (tertiary/aromatic N) is 6. The number of fused-ring (bicyclic) bond motifs is 1. The fourth-order valence-electron chi connectivity index (χ4n) is 5.25. The number of rotatable bonds is 10. The maximum absolute atomic E-state index is 6.22. The minimum absolute atomic E-state index is 0.453. The summed E-state index contributed by atoms with van der Waals surface area (Å²) in [6, 6.07) is 20.4. The second-order valence-electron chi connectivity index (χ2n) is 10.1. The molecule has 2 fully saturated rings. The fraction of sp³-hybridized carbons (Fsp3) is 0.355. The lowest BCUT2D eigenvalue weighted by atomic mass is 10.1. The van der Waals surface area contributed by atoms with E-state index < -0.39 is 0 Å². The molecule has 2 aliphatic rings. The molecule has 0 amide bonds. The Morgan fingerprint density at radius 3 is 2.23 bits per heavy atom. The van der Waals surface area contributed by atoms with Gasteiger partial charge in [0.25, 0.3) is 0 Å². The van der Waals surface area contributed by atoms with Gasteiger partial charge in [-0.3, -0.25) is 0 Å². The molecule has 0 saturated carbocycles. The van der Waals surface area contributed by atoms with Crippen molar-refractivity contribution in [2.75, 3.05) is 48.0 Å². The third-order valence-electron chi connectivity index (χ3n) is 7.30. The van der Waals surface area contributed by atoms with Crippen LogP contribution >= 0.6 is 0 Å². The molecule has 40 heavy (non-hydrogen) atoms. The summed E-state index contributed by atoms with van der Waals surface area (Å²) in [5.41, 5.74) is 5.04. The smallest absolute Gasteiger partial charge is 0.250 e. The molecule has 6 rings (SSSR count). The van der Waals surface area contributed by atoms with Crippen LogP contribution < -0.4 is 24.7 Å². The van der Waals surface area contributed by atoms with E-state index >= 15 is 0 Å². The number of aromatic nitrogens is 3. The minimum Gasteiger partial charge on any atom is -0.490 e. The number of anilines is 3. The molecule has 206 valence electrons. The van der Waals surface area contributed by atoms with E-state index in [0.29, 0.717) is 30.7 Å². The highest BCUT2D eigenvalue weighted by atomic mass is 16.5. The Bertz CT molecular complexity index is 1440. The van der Waals surface area contributed by atoms with Crippen molar-refractivity contribution in [1.29, 1.82) is 0 Å². The van der Waals surface area contributed by atoms with Crippen molar-refractivity contribution in [2.24, 2.45) is 5.10 Å². The first-order valence-corrected chi connectivity index (χ1v) is 14.2. The third kappa shape index (κ3) is 5.93. The lowest BCUT2D eigenvalue weighted by molar-refractivity contribution is 0.270. The standard InChI is InChI=1S/C31H35N7O2/c1-2-39-28-20-23(14-15-27(28)40-22-25-12-9-11-24-10-3-4-13-26(24)25)21-32-36-29-33-30(37-16-5-6-17-37)35-31(34-29)38-18-7-8-19-38/h3-4,9-15,20-21H,2,5-8,16-19,22H2,1H3,(H,33,34,35,36)/b32-21-. The second kappa shape index (κ2) is 12.2. The Kier molecular flexibility index (Phi) is 7.88. The Labute approximate surface area is 234 Å². The molecule has 1 aromatic heterocycles. The van der Waals surface area contributed by atoms with Gasteiger partial charge in [-0.15, -0.1) is 0 Å². The van der Waals surface area contributed by atoms with Gasteiger partial charge in [-0.25, -0.2) is 5.43 Å². The number of hydrogen-bond donors (Lipinski definition) is 1. The highest BCUT2D eigenvalue weighted by molar-refractivity contribution is 5.85. The first-order valence-electron chi connectivity index (χ1n) is 14.2. The summed E-state index contributed by atoms with van der Waals surface area (Å²) in [6.07, 6.45) is 6.39. The van der Waals surface area contributed by atoms with E-state index in [2.05, 4.69) is 72.8 Å². The maximum Gasteiger partial charge on any atom is 0.250 e. The summed E-state index contributed by atoms with van der Waals surface area (Å²) in [7, 11) is 0. The van der Waals surface area contributed by atoms with E-state index in [0.717, 1.165) is 74.9 Å². The van der Waals surface area contributed by atoms with Crippen LogP contribution in [0.5, 0.6) is 11.5 Å². The number of nitrogens with one attached hydrogen (secondary N) is 1. The zero-order valence-corrected chi connectivity index (χ0v) is 22.9. The van der Waals surface area contributed by atoms with E-state index in [9.17, 15) is 0 Å². The van der Waals surface area contributed by atoms with Gasteiger partial charge >= 0.3 is 0 Å². The van der Waals surface area contributed by atoms with E-state index in [4.69, 9.17) is 14.5 Å². The highest BCUT2D eigenvalue weighted by Gasteiger charge is 2.21. The molecule has 2 aliphatic heterocycles. The van der Waals surface area contributed by atoms with Crippen molar-refractivity contribution in [3.8, 4) is 11.5 Å². The molecule has 3 heterocycles. The summed E-state index contributed by atoms with van der Waals surface area (Å²) < 4.78 is 12.1. The summed E-state index contributed by atoms with van der Waals surface area (Å²) in [4.78, 5) is 18.5. The van der Waals surface area contributed by atoms with Crippen molar-refractivity contribution in [3.63, 3.8) is 0 Å². The minimum atomic E-state index is 0.453. The Morgan fingerprint density at radius 2 is 1.50 bits per heavy atom. The van der Waals surface area contributed by atoms with Crippen molar-refractivity contribution >= 4 is 34.8 Å². The van der Waals surface area contributed by atoms with Crippen LogP contribution in [0.1, 0.15) is 43.7 Å². The van der Waals surface area contributed by atoms with Crippen LogP contribution in [0.25, 0.3) is 10.8 Å². The maximum atomic E-state index is 6.22. The number of ether oxygens (including phenoxy) is 2. The van der Waals surface area contributed by atoms with Gasteiger partial charge in [0, 0.05) is 26.2 Å². The lowest BCUT2D eigenvalue weighted by Crippen LogP contribution is -2.25. The van der Waals surface area contributed by atoms with Crippen molar-refractivity contribution < 1.29 is 9.47 Å². The molecule has 1 N–H and O–H groups in total. The molecule has 9 heteroatoms. The van der Waals surface area contributed by atoms with Gasteiger partial charge in [-0.05, 0) is 72.7 Å². The summed E-state index contributed by atoms with van der Waals surface area (Å²) in [6.45, 7) is 6.85. The SMILES string of the molecule is CCOc1cc(/C=N\Nc2nc(N3CCCC3)nc(N3CCCC3)n2)ccc1OCc1cccc2ccccc12. The van der Waals surface area contributed by atoms with Crippen LogP contribution in [-0.4, -0.2) is 54.0 Å². The van der Waals surface area contributed by atoms with Gasteiger partial charge < -0.3 is 19.3 Å². The van der Waals surface area contributed by atoms with Gasteiger partial charge in [0.1, 0.15) is 6.61 Å². The largest absolute Gasteiger partial charge is 0.490 e. The van der Waals surface area contributed by atoms with Crippen molar-refractivity contribution in [3.05, 3.63) is 71.8 Å². The average Bonchev–Trinajstić information content (AvgIpc) is 3.72. The van der Waals surface area contributed by atoms with Crippen LogP contribution in [0, 0.1) is 0 Å². The zero-order chi connectivity index (χ0) is 27.1. The predicted molar refractivity (Wildman–Crippen MR) is 160 cm³/mol. The quantitative estimate of drug-likeness (QED) is 0.205. The normalized spacial score (nSPS) is 15.3. The molecular formula is C31H35N7O2. The van der Waals surface area contributed by atoms with Crippen LogP contribution in [-0.2, 0) is 6.61 Å². The van der Waals surface area contributed by atoms with E-state index in [-0.39, 0.29) is 0 Å². The Morgan fingerprint density at radius 1 is 0.800 bits per heavy atom. The van der Waals surface area contributed by atoms with Gasteiger partial charge in [0.05, 0.1) is 12.8 Å². The van der Waals surface area contributed by atoms with Crippen LogP contribution in [0.3, 0.4) is 0 Å². The second-order valence-corrected chi connectivity index (χ2v) is 10.1.